The van der Waals surface area contributed by atoms with Crippen LogP contribution < -0.4 is 11.3 Å². The van der Waals surface area contributed by atoms with E-state index in [-0.39, 0.29) is 17.9 Å². The molecule has 0 fully saturated rings. The molecule has 1 aromatic carbocycles. The van der Waals surface area contributed by atoms with Gasteiger partial charge in [-0.15, -0.1) is 0 Å². The van der Waals surface area contributed by atoms with Gasteiger partial charge in [0.25, 0.3) is 5.69 Å². The molecular weight excluding hydrogens is 268 g/mol. The first-order valence-electron chi connectivity index (χ1n) is 5.42. The number of nitrogen functional groups attached to an aromatic ring is 1. The molecule has 10 nitrogen and oxygen atoms in total. The Bertz CT molecular complexity index is 668. The number of nitrogens with two attached hydrogens (primary N) is 1. The highest BCUT2D eigenvalue weighted by molar-refractivity contribution is 5.55. The van der Waals surface area contributed by atoms with Gasteiger partial charge in [0.2, 0.25) is 0 Å². The number of hydrogen-bond acceptors (Lipinski definition) is 7. The third-order valence-corrected chi connectivity index (χ3v) is 2.62. The minimum absolute atomic E-state index is 0.0966. The van der Waals surface area contributed by atoms with Crippen molar-refractivity contribution in [2.24, 2.45) is 5.84 Å². The Morgan fingerprint density at radius 2 is 1.95 bits per heavy atom. The zero-order valence-electron chi connectivity index (χ0n) is 10.1. The normalized spacial score (nSPS) is 10.2. The van der Waals surface area contributed by atoms with Crippen LogP contribution in [0, 0.1) is 20.2 Å². The lowest BCUT2D eigenvalue weighted by molar-refractivity contribution is -0.385. The molecule has 2 aromatic rings. The fourth-order valence-electron chi connectivity index (χ4n) is 1.67. The lowest BCUT2D eigenvalue weighted by Crippen LogP contribution is -2.11. The number of anilines is 1. The van der Waals surface area contributed by atoms with Gasteiger partial charge in [-0.1, -0.05) is 0 Å². The summed E-state index contributed by atoms with van der Waals surface area (Å²) in [5.41, 5.74) is 3.14. The molecule has 10 heteroatoms. The fourth-order valence-corrected chi connectivity index (χ4v) is 1.67. The number of nitro groups is 2. The summed E-state index contributed by atoms with van der Waals surface area (Å²) in [5.74, 6) is 5.33. The minimum atomic E-state index is -0.570. The Kier molecular flexibility index (Phi) is 3.57. The number of aromatic nitrogens is 2. The molecule has 20 heavy (non-hydrogen) atoms. The van der Waals surface area contributed by atoms with Gasteiger partial charge < -0.3 is 5.43 Å². The summed E-state index contributed by atoms with van der Waals surface area (Å²) < 4.78 is 1.30. The van der Waals surface area contributed by atoms with Gasteiger partial charge in [-0.25, -0.2) is 0 Å². The van der Waals surface area contributed by atoms with Crippen molar-refractivity contribution in [1.29, 1.82) is 0 Å². The maximum Gasteiger partial charge on any atom is 0.307 e. The number of nitrogens with zero attached hydrogens (tertiary/aromatic N) is 4. The van der Waals surface area contributed by atoms with E-state index < -0.39 is 9.85 Å². The maximum absolute atomic E-state index is 10.7. The number of non-ortho nitro benzene ring substituents is 1. The quantitative estimate of drug-likeness (QED) is 0.472. The second-order valence-electron chi connectivity index (χ2n) is 3.90. The topological polar surface area (TPSA) is 142 Å². The van der Waals surface area contributed by atoms with Crippen molar-refractivity contribution in [3.63, 3.8) is 0 Å². The smallest absolute Gasteiger partial charge is 0.307 e. The molecule has 0 radical (unpaired) electrons. The molecule has 104 valence electrons. The van der Waals surface area contributed by atoms with E-state index in [2.05, 4.69) is 10.5 Å². The highest BCUT2D eigenvalue weighted by atomic mass is 16.6. The lowest BCUT2D eigenvalue weighted by atomic mass is 10.1. The van der Waals surface area contributed by atoms with E-state index in [1.165, 1.54) is 29.1 Å². The van der Waals surface area contributed by atoms with E-state index in [9.17, 15) is 20.2 Å². The Morgan fingerprint density at radius 1 is 1.25 bits per heavy atom. The molecule has 0 saturated carbocycles. The van der Waals surface area contributed by atoms with E-state index in [4.69, 9.17) is 5.84 Å². The summed E-state index contributed by atoms with van der Waals surface area (Å²) >= 11 is 0. The van der Waals surface area contributed by atoms with Crippen LogP contribution in [0.5, 0.6) is 0 Å². The van der Waals surface area contributed by atoms with Crippen LogP contribution in [0.15, 0.2) is 30.6 Å². The second kappa shape index (κ2) is 5.32. The lowest BCUT2D eigenvalue weighted by Gasteiger charge is -2.08. The first-order chi connectivity index (χ1) is 9.51. The third-order valence-electron chi connectivity index (χ3n) is 2.62. The van der Waals surface area contributed by atoms with Gasteiger partial charge in [-0.2, -0.15) is 5.10 Å². The van der Waals surface area contributed by atoms with Gasteiger partial charge in [0, 0.05) is 17.7 Å². The van der Waals surface area contributed by atoms with Gasteiger partial charge in [0.15, 0.2) is 0 Å². The molecular formula is C10H10N6O4. The third kappa shape index (κ3) is 2.70. The van der Waals surface area contributed by atoms with Gasteiger partial charge in [0.1, 0.15) is 12.4 Å². The SMILES string of the molecule is NNc1ccc([N+](=O)[O-])cc1Cn1cc([N+](=O)[O-])cn1. The summed E-state index contributed by atoms with van der Waals surface area (Å²) in [6.07, 6.45) is 2.34. The minimum Gasteiger partial charge on any atom is -0.324 e. The first kappa shape index (κ1) is 13.4. The number of hydrazine groups is 1. The van der Waals surface area contributed by atoms with Crippen LogP contribution in [0.25, 0.3) is 0 Å². The van der Waals surface area contributed by atoms with E-state index in [0.717, 1.165) is 6.20 Å². The number of benzene rings is 1. The van der Waals surface area contributed by atoms with Gasteiger partial charge in [0.05, 0.1) is 22.1 Å². The van der Waals surface area contributed by atoms with Gasteiger partial charge in [-0.05, 0) is 6.07 Å². The maximum atomic E-state index is 10.7. The summed E-state index contributed by atoms with van der Waals surface area (Å²) in [7, 11) is 0. The predicted octanol–water partition coefficient (Wildman–Crippen LogP) is 1.03. The zero-order valence-corrected chi connectivity index (χ0v) is 10.1. The second-order valence-corrected chi connectivity index (χ2v) is 3.90. The van der Waals surface area contributed by atoms with Gasteiger partial charge in [-0.3, -0.25) is 30.8 Å². The zero-order chi connectivity index (χ0) is 14.7. The van der Waals surface area contributed by atoms with Crippen LogP contribution in [0.2, 0.25) is 0 Å². The van der Waals surface area contributed by atoms with Crippen LogP contribution in [0.1, 0.15) is 5.56 Å². The average molecular weight is 278 g/mol. The molecule has 0 bridgehead atoms. The highest BCUT2D eigenvalue weighted by Gasteiger charge is 2.13. The van der Waals surface area contributed by atoms with Crippen molar-refractivity contribution in [1.82, 2.24) is 9.78 Å². The average Bonchev–Trinajstić information content (AvgIpc) is 2.87. The molecule has 0 aliphatic heterocycles. The summed E-state index contributed by atoms with van der Waals surface area (Å²) in [6, 6.07) is 4.11. The molecule has 0 aliphatic carbocycles. The standard InChI is InChI=1S/C10H10N6O4/c11-13-10-2-1-8(15(17)18)3-7(10)5-14-6-9(4-12-14)16(19)20/h1-4,6,13H,5,11H2. The molecule has 1 heterocycles. The number of rotatable bonds is 5. The summed E-state index contributed by atoms with van der Waals surface area (Å²) in [6.45, 7) is 0.120. The van der Waals surface area contributed by atoms with Crippen LogP contribution >= 0.6 is 0 Å². The van der Waals surface area contributed by atoms with Crippen molar-refractivity contribution in [2.75, 3.05) is 5.43 Å². The van der Waals surface area contributed by atoms with Gasteiger partial charge >= 0.3 is 5.69 Å². The van der Waals surface area contributed by atoms with Crippen molar-refractivity contribution in [3.05, 3.63) is 56.4 Å². The summed E-state index contributed by atoms with van der Waals surface area (Å²) in [5, 5.41) is 25.1. The van der Waals surface area contributed by atoms with Crippen LogP contribution in [-0.4, -0.2) is 19.6 Å². The van der Waals surface area contributed by atoms with E-state index in [1.807, 2.05) is 0 Å². The molecule has 0 saturated heterocycles. The van der Waals surface area contributed by atoms with Crippen molar-refractivity contribution in [3.8, 4) is 0 Å². The summed E-state index contributed by atoms with van der Waals surface area (Å²) in [4.78, 5) is 20.2. The van der Waals surface area contributed by atoms with Crippen molar-refractivity contribution in [2.45, 2.75) is 6.54 Å². The fraction of sp³-hybridized carbons (Fsp3) is 0.100. The molecule has 0 atom stereocenters. The molecule has 2 rings (SSSR count). The van der Waals surface area contributed by atoms with E-state index in [0.29, 0.717) is 11.3 Å². The molecule has 0 aliphatic rings. The highest BCUT2D eigenvalue weighted by Crippen LogP contribution is 2.22. The Balaban J connectivity index is 2.32. The van der Waals surface area contributed by atoms with Crippen molar-refractivity contribution >= 4 is 17.1 Å². The Hall–Kier alpha value is -3.01. The largest absolute Gasteiger partial charge is 0.324 e. The molecule has 3 N–H and O–H groups in total. The molecule has 0 amide bonds. The van der Waals surface area contributed by atoms with Crippen molar-refractivity contribution < 1.29 is 9.85 Å². The Labute approximate surface area is 112 Å². The molecule has 1 aromatic heterocycles. The molecule has 0 unspecified atom stereocenters. The predicted molar refractivity (Wildman–Crippen MR) is 68.9 cm³/mol. The first-order valence-corrected chi connectivity index (χ1v) is 5.42. The van der Waals surface area contributed by atoms with E-state index >= 15 is 0 Å². The molecule has 0 spiro atoms. The van der Waals surface area contributed by atoms with Crippen LogP contribution in [0.3, 0.4) is 0 Å². The number of nitrogens with one attached hydrogen (secondary N) is 1. The van der Waals surface area contributed by atoms with E-state index in [1.54, 1.807) is 0 Å². The van der Waals surface area contributed by atoms with Crippen LogP contribution in [-0.2, 0) is 6.54 Å². The van der Waals surface area contributed by atoms with Crippen LogP contribution in [0.4, 0.5) is 17.1 Å². The monoisotopic (exact) mass is 278 g/mol. The number of hydrogen-bond donors (Lipinski definition) is 2. The number of nitro benzene ring substituents is 1. The Morgan fingerprint density at radius 3 is 2.50 bits per heavy atom.